The highest BCUT2D eigenvalue weighted by Gasteiger charge is 2.08. The van der Waals surface area contributed by atoms with Crippen molar-refractivity contribution in [2.75, 3.05) is 6.54 Å². The molecule has 1 unspecified atom stereocenters. The normalized spacial score (nSPS) is 13.1. The van der Waals surface area contributed by atoms with Crippen LogP contribution >= 0.6 is 0 Å². The third-order valence-corrected chi connectivity index (χ3v) is 3.20. The molecule has 1 atom stereocenters. The summed E-state index contributed by atoms with van der Waals surface area (Å²) in [5, 5.41) is 12.4. The highest BCUT2D eigenvalue weighted by molar-refractivity contribution is 5.91. The Morgan fingerprint density at radius 2 is 2.19 bits per heavy atom. The van der Waals surface area contributed by atoms with Gasteiger partial charge in [0.05, 0.1) is 6.10 Å². The number of nitrogens with zero attached hydrogens (tertiary/aromatic N) is 1. The number of fused-ring (bicyclic) bond motifs is 1. The van der Waals surface area contributed by atoms with E-state index in [1.165, 1.54) is 12.2 Å². The minimum absolute atomic E-state index is 0.192. The van der Waals surface area contributed by atoms with E-state index in [0.29, 0.717) is 24.4 Å². The number of para-hydroxylation sites is 2. The molecule has 5 heteroatoms. The van der Waals surface area contributed by atoms with E-state index >= 15 is 0 Å². The Labute approximate surface area is 123 Å². The van der Waals surface area contributed by atoms with Gasteiger partial charge in [-0.2, -0.15) is 0 Å². The number of carbonyl (C=O) groups is 1. The highest BCUT2D eigenvalue weighted by atomic mass is 16.3. The summed E-state index contributed by atoms with van der Waals surface area (Å²) in [7, 11) is 0. The van der Waals surface area contributed by atoms with Gasteiger partial charge in [0.2, 0.25) is 11.8 Å². The maximum atomic E-state index is 11.6. The number of nitrogens with one attached hydrogen (secondary N) is 1. The SMILES string of the molecule is CC(C)C(O)CCNC(=O)C=Cc1nc2ccccc2o1. The van der Waals surface area contributed by atoms with Crippen molar-refractivity contribution in [1.29, 1.82) is 0 Å². The summed E-state index contributed by atoms with van der Waals surface area (Å²) in [6.07, 6.45) is 3.06. The van der Waals surface area contributed by atoms with Gasteiger partial charge in [-0.05, 0) is 24.5 Å². The minimum Gasteiger partial charge on any atom is -0.437 e. The molecule has 0 fully saturated rings. The molecule has 21 heavy (non-hydrogen) atoms. The van der Waals surface area contributed by atoms with E-state index in [1.807, 2.05) is 38.1 Å². The topological polar surface area (TPSA) is 75.4 Å². The molecule has 2 rings (SSSR count). The van der Waals surface area contributed by atoms with Crippen LogP contribution < -0.4 is 5.32 Å². The Kier molecular flexibility index (Phi) is 5.11. The van der Waals surface area contributed by atoms with Gasteiger partial charge < -0.3 is 14.8 Å². The number of hydrogen-bond acceptors (Lipinski definition) is 4. The quantitative estimate of drug-likeness (QED) is 0.800. The fourth-order valence-electron chi connectivity index (χ4n) is 1.84. The van der Waals surface area contributed by atoms with Crippen LogP contribution in [-0.2, 0) is 4.79 Å². The van der Waals surface area contributed by atoms with Crippen molar-refractivity contribution in [1.82, 2.24) is 10.3 Å². The third-order valence-electron chi connectivity index (χ3n) is 3.20. The average Bonchev–Trinajstić information content (AvgIpc) is 2.87. The first-order valence-electron chi connectivity index (χ1n) is 7.06. The first-order valence-corrected chi connectivity index (χ1v) is 7.06. The van der Waals surface area contributed by atoms with Gasteiger partial charge in [0.1, 0.15) is 5.52 Å². The van der Waals surface area contributed by atoms with Crippen LogP contribution in [0.25, 0.3) is 17.2 Å². The Morgan fingerprint density at radius 3 is 2.90 bits per heavy atom. The zero-order chi connectivity index (χ0) is 15.2. The molecule has 2 aromatic rings. The molecule has 0 aliphatic rings. The van der Waals surface area contributed by atoms with Gasteiger partial charge in [0.15, 0.2) is 5.58 Å². The number of benzene rings is 1. The van der Waals surface area contributed by atoms with Crippen molar-refractivity contribution in [2.45, 2.75) is 26.4 Å². The Morgan fingerprint density at radius 1 is 1.43 bits per heavy atom. The molecule has 2 N–H and O–H groups in total. The molecule has 0 bridgehead atoms. The van der Waals surface area contributed by atoms with Crippen LogP contribution in [0.15, 0.2) is 34.8 Å². The number of aliphatic hydroxyl groups is 1. The zero-order valence-corrected chi connectivity index (χ0v) is 12.2. The van der Waals surface area contributed by atoms with Gasteiger partial charge in [0, 0.05) is 18.7 Å². The summed E-state index contributed by atoms with van der Waals surface area (Å²) >= 11 is 0. The maximum absolute atomic E-state index is 11.6. The van der Waals surface area contributed by atoms with E-state index in [-0.39, 0.29) is 11.8 Å². The monoisotopic (exact) mass is 288 g/mol. The number of oxazole rings is 1. The maximum Gasteiger partial charge on any atom is 0.244 e. The van der Waals surface area contributed by atoms with Crippen LogP contribution in [0.1, 0.15) is 26.2 Å². The highest BCUT2D eigenvalue weighted by Crippen LogP contribution is 2.15. The fourth-order valence-corrected chi connectivity index (χ4v) is 1.84. The van der Waals surface area contributed by atoms with E-state index in [1.54, 1.807) is 0 Å². The molecule has 0 saturated carbocycles. The summed E-state index contributed by atoms with van der Waals surface area (Å²) in [5.41, 5.74) is 1.45. The lowest BCUT2D eigenvalue weighted by Crippen LogP contribution is -2.27. The van der Waals surface area contributed by atoms with E-state index < -0.39 is 6.10 Å². The molecule has 1 amide bonds. The number of rotatable bonds is 6. The zero-order valence-electron chi connectivity index (χ0n) is 12.2. The lowest BCUT2D eigenvalue weighted by Gasteiger charge is -2.13. The predicted octanol–water partition coefficient (Wildman–Crippen LogP) is 2.36. The van der Waals surface area contributed by atoms with Crippen LogP contribution in [0.4, 0.5) is 0 Å². The van der Waals surface area contributed by atoms with Crippen molar-refractivity contribution < 1.29 is 14.3 Å². The van der Waals surface area contributed by atoms with Gasteiger partial charge in [0.25, 0.3) is 0 Å². The van der Waals surface area contributed by atoms with Gasteiger partial charge in [-0.3, -0.25) is 4.79 Å². The van der Waals surface area contributed by atoms with Gasteiger partial charge in [-0.1, -0.05) is 26.0 Å². The number of aliphatic hydroxyl groups excluding tert-OH is 1. The van der Waals surface area contributed by atoms with Crippen LogP contribution in [0.3, 0.4) is 0 Å². The molecular weight excluding hydrogens is 268 g/mol. The number of hydrogen-bond donors (Lipinski definition) is 2. The second kappa shape index (κ2) is 7.04. The fraction of sp³-hybridized carbons (Fsp3) is 0.375. The molecular formula is C16H20N2O3. The van der Waals surface area contributed by atoms with E-state index in [2.05, 4.69) is 10.3 Å². The standard InChI is InChI=1S/C16H20N2O3/c1-11(2)13(19)9-10-17-15(20)7-8-16-18-12-5-3-4-6-14(12)21-16/h3-8,11,13,19H,9-10H2,1-2H3,(H,17,20). The summed E-state index contributed by atoms with van der Waals surface area (Å²) in [6.45, 7) is 4.33. The Balaban J connectivity index is 1.84. The van der Waals surface area contributed by atoms with Crippen LogP contribution in [0.5, 0.6) is 0 Å². The molecule has 0 aliphatic carbocycles. The van der Waals surface area contributed by atoms with Gasteiger partial charge in [-0.25, -0.2) is 4.98 Å². The molecule has 0 radical (unpaired) electrons. The van der Waals surface area contributed by atoms with Crippen molar-refractivity contribution in [3.8, 4) is 0 Å². The Hall–Kier alpha value is -2.14. The molecule has 0 saturated heterocycles. The first-order chi connectivity index (χ1) is 10.1. The predicted molar refractivity (Wildman–Crippen MR) is 81.5 cm³/mol. The number of carbonyl (C=O) groups excluding carboxylic acids is 1. The van der Waals surface area contributed by atoms with Crippen LogP contribution in [0.2, 0.25) is 0 Å². The Bertz CT molecular complexity index is 598. The van der Waals surface area contributed by atoms with Crippen molar-refractivity contribution in [3.63, 3.8) is 0 Å². The second-order valence-corrected chi connectivity index (χ2v) is 5.24. The molecule has 112 valence electrons. The number of aromatic nitrogens is 1. The number of amides is 1. The molecule has 0 spiro atoms. The van der Waals surface area contributed by atoms with E-state index in [4.69, 9.17) is 4.42 Å². The largest absolute Gasteiger partial charge is 0.437 e. The lowest BCUT2D eigenvalue weighted by atomic mass is 10.0. The van der Waals surface area contributed by atoms with Crippen LogP contribution in [0, 0.1) is 5.92 Å². The summed E-state index contributed by atoms with van der Waals surface area (Å²) < 4.78 is 5.47. The first kappa shape index (κ1) is 15.3. The smallest absolute Gasteiger partial charge is 0.244 e. The van der Waals surface area contributed by atoms with Crippen molar-refractivity contribution in [2.24, 2.45) is 5.92 Å². The lowest BCUT2D eigenvalue weighted by molar-refractivity contribution is -0.116. The average molecular weight is 288 g/mol. The van der Waals surface area contributed by atoms with E-state index in [0.717, 1.165) is 5.52 Å². The third kappa shape index (κ3) is 4.43. The summed E-state index contributed by atoms with van der Waals surface area (Å²) in [6, 6.07) is 7.43. The van der Waals surface area contributed by atoms with Gasteiger partial charge in [-0.15, -0.1) is 0 Å². The minimum atomic E-state index is -0.397. The van der Waals surface area contributed by atoms with Crippen molar-refractivity contribution >= 4 is 23.1 Å². The van der Waals surface area contributed by atoms with Crippen molar-refractivity contribution in [3.05, 3.63) is 36.2 Å². The molecule has 1 aromatic carbocycles. The summed E-state index contributed by atoms with van der Waals surface area (Å²) in [5.74, 6) is 0.360. The molecule has 1 aromatic heterocycles. The molecule has 1 heterocycles. The van der Waals surface area contributed by atoms with Gasteiger partial charge >= 0.3 is 0 Å². The van der Waals surface area contributed by atoms with Crippen LogP contribution in [-0.4, -0.2) is 28.6 Å². The molecule has 5 nitrogen and oxygen atoms in total. The molecule has 0 aliphatic heterocycles. The van der Waals surface area contributed by atoms with E-state index in [9.17, 15) is 9.90 Å². The second-order valence-electron chi connectivity index (χ2n) is 5.24. The summed E-state index contributed by atoms with van der Waals surface area (Å²) in [4.78, 5) is 15.9.